The Morgan fingerprint density at radius 2 is 2.12 bits per heavy atom. The van der Waals surface area contributed by atoms with E-state index in [2.05, 4.69) is 16.4 Å². The van der Waals surface area contributed by atoms with Crippen LogP contribution in [0.25, 0.3) is 10.9 Å². The van der Waals surface area contributed by atoms with E-state index in [0.717, 1.165) is 48.3 Å². The first-order valence-corrected chi connectivity index (χ1v) is 8.81. The predicted octanol–water partition coefficient (Wildman–Crippen LogP) is 3.24. The molecule has 0 radical (unpaired) electrons. The smallest absolute Gasteiger partial charge is 0.144 e. The van der Waals surface area contributed by atoms with Crippen LogP contribution < -0.4 is 15.8 Å². The second kappa shape index (κ2) is 7.58. The standard InChI is InChI=1S/C19H24N4O2/c1-3-16-14(11-20)19(22-12-5-7-24-8-6-12)13-9-15(21)18(25-4-2)10-17(13)23-16/h9-10,12H,3-8,21H2,1-2H3,(H,22,23). The minimum atomic E-state index is 0.281. The summed E-state index contributed by atoms with van der Waals surface area (Å²) in [6, 6.07) is 6.33. The van der Waals surface area contributed by atoms with E-state index in [1.165, 1.54) is 0 Å². The lowest BCUT2D eigenvalue weighted by Crippen LogP contribution is -2.28. The number of fused-ring (bicyclic) bond motifs is 1. The Labute approximate surface area is 147 Å². The van der Waals surface area contributed by atoms with Crippen molar-refractivity contribution in [1.82, 2.24) is 4.98 Å². The summed E-state index contributed by atoms with van der Waals surface area (Å²) in [7, 11) is 0. The summed E-state index contributed by atoms with van der Waals surface area (Å²) >= 11 is 0. The molecule has 1 aliphatic heterocycles. The first kappa shape index (κ1) is 17.3. The van der Waals surface area contributed by atoms with Crippen LogP contribution in [0.4, 0.5) is 11.4 Å². The zero-order valence-corrected chi connectivity index (χ0v) is 14.8. The number of nitrogens with zero attached hydrogens (tertiary/aromatic N) is 2. The zero-order valence-electron chi connectivity index (χ0n) is 14.8. The maximum Gasteiger partial charge on any atom is 0.144 e. The van der Waals surface area contributed by atoms with E-state index in [1.54, 1.807) is 0 Å². The molecule has 1 saturated heterocycles. The summed E-state index contributed by atoms with van der Waals surface area (Å²) in [5.41, 5.74) is 9.72. The third-order valence-electron chi connectivity index (χ3n) is 4.51. The van der Waals surface area contributed by atoms with Crippen LogP contribution in [-0.4, -0.2) is 30.8 Å². The summed E-state index contributed by atoms with van der Waals surface area (Å²) in [4.78, 5) is 4.68. The topological polar surface area (TPSA) is 93.2 Å². The summed E-state index contributed by atoms with van der Waals surface area (Å²) in [5.74, 6) is 0.631. The molecular formula is C19H24N4O2. The Morgan fingerprint density at radius 3 is 2.76 bits per heavy atom. The number of pyridine rings is 1. The third kappa shape index (κ3) is 3.47. The molecule has 2 heterocycles. The van der Waals surface area contributed by atoms with Crippen molar-refractivity contribution in [2.45, 2.75) is 39.2 Å². The second-order valence-electron chi connectivity index (χ2n) is 6.15. The Balaban J connectivity index is 2.15. The monoisotopic (exact) mass is 340 g/mol. The van der Waals surface area contributed by atoms with E-state index < -0.39 is 0 Å². The Hall–Kier alpha value is -2.52. The fraction of sp³-hybridized carbons (Fsp3) is 0.474. The van der Waals surface area contributed by atoms with Gasteiger partial charge in [0.05, 0.1) is 34.8 Å². The number of aryl methyl sites for hydroxylation is 1. The van der Waals surface area contributed by atoms with Crippen molar-refractivity contribution < 1.29 is 9.47 Å². The van der Waals surface area contributed by atoms with Crippen LogP contribution in [0.15, 0.2) is 12.1 Å². The Morgan fingerprint density at radius 1 is 1.36 bits per heavy atom. The van der Waals surface area contributed by atoms with E-state index >= 15 is 0 Å². The minimum Gasteiger partial charge on any atom is -0.492 e. The van der Waals surface area contributed by atoms with Crippen LogP contribution >= 0.6 is 0 Å². The molecule has 25 heavy (non-hydrogen) atoms. The highest BCUT2D eigenvalue weighted by Crippen LogP contribution is 2.35. The highest BCUT2D eigenvalue weighted by molar-refractivity contribution is 5.98. The van der Waals surface area contributed by atoms with Gasteiger partial charge in [0.25, 0.3) is 0 Å². The van der Waals surface area contributed by atoms with E-state index in [9.17, 15) is 5.26 Å². The molecule has 0 bridgehead atoms. The van der Waals surface area contributed by atoms with Gasteiger partial charge in [0.2, 0.25) is 0 Å². The molecule has 0 unspecified atom stereocenters. The van der Waals surface area contributed by atoms with Crippen LogP contribution in [-0.2, 0) is 11.2 Å². The fourth-order valence-electron chi connectivity index (χ4n) is 3.21. The molecule has 132 valence electrons. The molecule has 0 spiro atoms. The largest absolute Gasteiger partial charge is 0.492 e. The van der Waals surface area contributed by atoms with Gasteiger partial charge in [-0.3, -0.25) is 4.98 Å². The highest BCUT2D eigenvalue weighted by Gasteiger charge is 2.20. The molecule has 1 aliphatic rings. The second-order valence-corrected chi connectivity index (χ2v) is 6.15. The molecule has 3 rings (SSSR count). The predicted molar refractivity (Wildman–Crippen MR) is 98.9 cm³/mol. The molecule has 0 saturated carbocycles. The number of nitrogens with one attached hydrogen (secondary N) is 1. The number of hydrogen-bond donors (Lipinski definition) is 2. The lowest BCUT2D eigenvalue weighted by Gasteiger charge is -2.26. The summed E-state index contributed by atoms with van der Waals surface area (Å²) in [6.07, 6.45) is 2.53. The molecule has 1 aromatic carbocycles. The van der Waals surface area contributed by atoms with Crippen LogP contribution in [0.1, 0.15) is 37.9 Å². The van der Waals surface area contributed by atoms with Crippen molar-refractivity contribution in [3.63, 3.8) is 0 Å². The van der Waals surface area contributed by atoms with Gasteiger partial charge in [-0.15, -0.1) is 0 Å². The average molecular weight is 340 g/mol. The molecule has 6 nitrogen and oxygen atoms in total. The summed E-state index contributed by atoms with van der Waals surface area (Å²) in [6.45, 7) is 5.94. The van der Waals surface area contributed by atoms with Crippen LogP contribution in [0.2, 0.25) is 0 Å². The van der Waals surface area contributed by atoms with Crippen LogP contribution in [0, 0.1) is 11.3 Å². The molecule has 0 aliphatic carbocycles. The first-order chi connectivity index (χ1) is 12.2. The van der Waals surface area contributed by atoms with Gasteiger partial charge >= 0.3 is 0 Å². The maximum atomic E-state index is 9.72. The van der Waals surface area contributed by atoms with E-state index in [4.69, 9.17) is 15.2 Å². The SMILES string of the molecule is CCOc1cc2nc(CC)c(C#N)c(NC3CCOCC3)c2cc1N. The lowest BCUT2D eigenvalue weighted by molar-refractivity contribution is 0.0905. The van der Waals surface area contributed by atoms with Gasteiger partial charge in [-0.2, -0.15) is 5.26 Å². The number of benzene rings is 1. The molecule has 2 aromatic rings. The van der Waals surface area contributed by atoms with Crippen molar-refractivity contribution in [3.05, 3.63) is 23.4 Å². The summed E-state index contributed by atoms with van der Waals surface area (Å²) in [5, 5.41) is 14.1. The molecule has 6 heteroatoms. The van der Waals surface area contributed by atoms with Crippen molar-refractivity contribution in [2.75, 3.05) is 30.9 Å². The molecule has 0 amide bonds. The van der Waals surface area contributed by atoms with Gasteiger partial charge < -0.3 is 20.5 Å². The minimum absolute atomic E-state index is 0.281. The number of anilines is 2. The summed E-state index contributed by atoms with van der Waals surface area (Å²) < 4.78 is 11.0. The molecule has 1 fully saturated rings. The number of aromatic nitrogens is 1. The van der Waals surface area contributed by atoms with Gasteiger partial charge in [-0.25, -0.2) is 0 Å². The van der Waals surface area contributed by atoms with Crippen LogP contribution in [0.5, 0.6) is 5.75 Å². The number of nitrogen functional groups attached to an aromatic ring is 1. The lowest BCUT2D eigenvalue weighted by atomic mass is 10.0. The van der Waals surface area contributed by atoms with E-state index in [1.807, 2.05) is 26.0 Å². The molecule has 1 aromatic heterocycles. The van der Waals surface area contributed by atoms with Crippen molar-refractivity contribution in [1.29, 1.82) is 5.26 Å². The van der Waals surface area contributed by atoms with Crippen molar-refractivity contribution in [3.8, 4) is 11.8 Å². The number of nitriles is 1. The maximum absolute atomic E-state index is 9.72. The van der Waals surface area contributed by atoms with Gasteiger partial charge in [-0.05, 0) is 32.3 Å². The number of rotatable bonds is 5. The first-order valence-electron chi connectivity index (χ1n) is 8.81. The Kier molecular flexibility index (Phi) is 5.25. The molecule has 3 N–H and O–H groups in total. The van der Waals surface area contributed by atoms with Crippen LogP contribution in [0.3, 0.4) is 0 Å². The van der Waals surface area contributed by atoms with Gasteiger partial charge in [0.15, 0.2) is 0 Å². The highest BCUT2D eigenvalue weighted by atomic mass is 16.5. The molecule has 0 atom stereocenters. The third-order valence-corrected chi connectivity index (χ3v) is 4.51. The van der Waals surface area contributed by atoms with E-state index in [-0.39, 0.29) is 6.04 Å². The number of hydrogen-bond acceptors (Lipinski definition) is 6. The number of ether oxygens (including phenoxy) is 2. The molecular weight excluding hydrogens is 316 g/mol. The van der Waals surface area contributed by atoms with Gasteiger partial charge in [-0.1, -0.05) is 6.92 Å². The van der Waals surface area contributed by atoms with Crippen molar-refractivity contribution >= 4 is 22.3 Å². The van der Waals surface area contributed by atoms with Gasteiger partial charge in [0, 0.05) is 30.7 Å². The number of nitrogens with two attached hydrogens (primary N) is 1. The normalized spacial score (nSPS) is 15.1. The van der Waals surface area contributed by atoms with Gasteiger partial charge in [0.1, 0.15) is 11.8 Å². The average Bonchev–Trinajstić information content (AvgIpc) is 2.63. The quantitative estimate of drug-likeness (QED) is 0.812. The van der Waals surface area contributed by atoms with Crippen molar-refractivity contribution in [2.24, 2.45) is 0 Å². The zero-order chi connectivity index (χ0) is 17.8. The van der Waals surface area contributed by atoms with E-state index in [0.29, 0.717) is 30.0 Å². The Bertz CT molecular complexity index is 807. The fourth-order valence-corrected chi connectivity index (χ4v) is 3.21.